The average Bonchev–Trinajstić information content (AvgIpc) is 2.76. The highest BCUT2D eigenvalue weighted by Gasteiger charge is 2.22. The quantitative estimate of drug-likeness (QED) is 0.689. The van der Waals surface area contributed by atoms with Gasteiger partial charge in [-0.2, -0.15) is 0 Å². The Labute approximate surface area is 173 Å². The number of nitrogens with zero attached hydrogens (tertiary/aromatic N) is 5. The van der Waals surface area contributed by atoms with Crippen LogP contribution >= 0.6 is 0 Å². The number of nitrogens with one attached hydrogen (secondary N) is 2. The van der Waals surface area contributed by atoms with E-state index in [1.165, 1.54) is 6.07 Å². The number of aromatic nitrogens is 3. The van der Waals surface area contributed by atoms with Gasteiger partial charge in [0.2, 0.25) is 0 Å². The summed E-state index contributed by atoms with van der Waals surface area (Å²) in [6.45, 7) is 4.25. The zero-order chi connectivity index (χ0) is 20.9. The second-order valence-electron chi connectivity index (χ2n) is 7.00. The van der Waals surface area contributed by atoms with Crippen LogP contribution in [0.4, 0.5) is 32.3 Å². The molecule has 2 aromatic heterocycles. The van der Waals surface area contributed by atoms with Gasteiger partial charge in [0.05, 0.1) is 5.69 Å². The third kappa shape index (κ3) is 4.62. The summed E-state index contributed by atoms with van der Waals surface area (Å²) in [5.74, 6) is 1.62. The van der Waals surface area contributed by atoms with Crippen molar-refractivity contribution in [1.82, 2.24) is 20.1 Å². The van der Waals surface area contributed by atoms with Crippen LogP contribution in [0.25, 0.3) is 0 Å². The van der Waals surface area contributed by atoms with E-state index in [1.807, 2.05) is 31.2 Å². The van der Waals surface area contributed by atoms with Crippen molar-refractivity contribution in [1.29, 1.82) is 0 Å². The first-order valence-corrected chi connectivity index (χ1v) is 9.67. The van der Waals surface area contributed by atoms with Gasteiger partial charge in [-0.15, -0.1) is 10.2 Å². The first-order valence-electron chi connectivity index (χ1n) is 9.67. The molecule has 3 heterocycles. The number of para-hydroxylation sites is 1. The summed E-state index contributed by atoms with van der Waals surface area (Å²) in [7, 11) is 0. The Morgan fingerprint density at radius 1 is 1.00 bits per heavy atom. The van der Waals surface area contributed by atoms with Gasteiger partial charge >= 0.3 is 6.03 Å². The lowest BCUT2D eigenvalue weighted by Gasteiger charge is -2.35. The summed E-state index contributed by atoms with van der Waals surface area (Å²) in [5.41, 5.74) is 1.29. The second kappa shape index (κ2) is 8.73. The number of piperazine rings is 1. The molecule has 1 aromatic carbocycles. The van der Waals surface area contributed by atoms with Crippen molar-refractivity contribution < 1.29 is 9.18 Å². The Kier molecular flexibility index (Phi) is 5.69. The zero-order valence-electron chi connectivity index (χ0n) is 16.5. The van der Waals surface area contributed by atoms with Crippen LogP contribution in [0, 0.1) is 12.7 Å². The third-order valence-corrected chi connectivity index (χ3v) is 4.83. The van der Waals surface area contributed by atoms with Crippen LogP contribution in [-0.4, -0.2) is 52.3 Å². The van der Waals surface area contributed by atoms with Crippen LogP contribution in [0.15, 0.2) is 54.7 Å². The molecule has 4 rings (SSSR count). The number of pyridine rings is 1. The van der Waals surface area contributed by atoms with Gasteiger partial charge in [-0.1, -0.05) is 12.1 Å². The van der Waals surface area contributed by atoms with Crippen LogP contribution in [0.5, 0.6) is 0 Å². The molecular formula is C21H22FN7O. The molecule has 0 atom stereocenters. The Balaban J connectivity index is 1.31. The molecule has 2 N–H and O–H groups in total. The van der Waals surface area contributed by atoms with Crippen molar-refractivity contribution >= 4 is 29.2 Å². The number of halogens is 1. The molecule has 0 unspecified atom stereocenters. The predicted octanol–water partition coefficient (Wildman–Crippen LogP) is 3.42. The van der Waals surface area contributed by atoms with E-state index in [9.17, 15) is 9.18 Å². The smallest absolute Gasteiger partial charge is 0.322 e. The van der Waals surface area contributed by atoms with Crippen molar-refractivity contribution in [2.24, 2.45) is 0 Å². The molecule has 1 fully saturated rings. The lowest BCUT2D eigenvalue weighted by molar-refractivity contribution is 0.208. The highest BCUT2D eigenvalue weighted by molar-refractivity contribution is 5.89. The topological polar surface area (TPSA) is 86.3 Å². The lowest BCUT2D eigenvalue weighted by atomic mass is 10.3. The summed E-state index contributed by atoms with van der Waals surface area (Å²) in [6, 6.07) is 13.4. The molecule has 0 spiro atoms. The number of carbonyl (C=O) groups excluding carboxylic acids is 1. The van der Waals surface area contributed by atoms with Crippen molar-refractivity contribution in [3.05, 3.63) is 66.1 Å². The van der Waals surface area contributed by atoms with Gasteiger partial charge in [0.15, 0.2) is 11.6 Å². The van der Waals surface area contributed by atoms with Crippen molar-refractivity contribution in [2.75, 3.05) is 41.7 Å². The third-order valence-electron chi connectivity index (χ3n) is 4.83. The van der Waals surface area contributed by atoms with E-state index in [4.69, 9.17) is 0 Å². The van der Waals surface area contributed by atoms with E-state index < -0.39 is 5.82 Å². The Morgan fingerprint density at radius 3 is 2.50 bits per heavy atom. The van der Waals surface area contributed by atoms with E-state index >= 15 is 0 Å². The Morgan fingerprint density at radius 2 is 1.80 bits per heavy atom. The normalized spacial score (nSPS) is 13.8. The molecule has 8 nitrogen and oxygen atoms in total. The maximum absolute atomic E-state index is 13.7. The first kappa shape index (κ1) is 19.6. The lowest BCUT2D eigenvalue weighted by Crippen LogP contribution is -2.50. The number of urea groups is 1. The van der Waals surface area contributed by atoms with Crippen LogP contribution in [-0.2, 0) is 0 Å². The monoisotopic (exact) mass is 407 g/mol. The zero-order valence-corrected chi connectivity index (χ0v) is 16.5. The molecule has 1 aliphatic rings. The number of hydrogen-bond donors (Lipinski definition) is 2. The Bertz CT molecular complexity index is 1020. The average molecular weight is 407 g/mol. The fourth-order valence-corrected chi connectivity index (χ4v) is 3.19. The van der Waals surface area contributed by atoms with Crippen LogP contribution in [0.1, 0.15) is 5.56 Å². The molecule has 0 saturated carbocycles. The number of anilines is 4. The van der Waals surface area contributed by atoms with E-state index in [0.717, 1.165) is 11.4 Å². The van der Waals surface area contributed by atoms with Crippen LogP contribution in [0.2, 0.25) is 0 Å². The number of amides is 2. The minimum absolute atomic E-state index is 0.182. The maximum Gasteiger partial charge on any atom is 0.322 e. The first-order chi connectivity index (χ1) is 14.6. The van der Waals surface area contributed by atoms with Gasteiger partial charge in [0.1, 0.15) is 11.6 Å². The predicted molar refractivity (Wildman–Crippen MR) is 113 cm³/mol. The summed E-state index contributed by atoms with van der Waals surface area (Å²) >= 11 is 0. The number of aryl methyl sites for hydroxylation is 1. The van der Waals surface area contributed by atoms with Gasteiger partial charge in [-0.05, 0) is 48.9 Å². The summed E-state index contributed by atoms with van der Waals surface area (Å²) in [6.07, 6.45) is 1.74. The Hall–Kier alpha value is -3.75. The minimum Gasteiger partial charge on any atom is -0.352 e. The summed E-state index contributed by atoms with van der Waals surface area (Å²) in [4.78, 5) is 20.4. The van der Waals surface area contributed by atoms with Gasteiger partial charge in [-0.25, -0.2) is 14.2 Å². The molecule has 1 aliphatic heterocycles. The molecule has 0 radical (unpaired) electrons. The molecule has 30 heavy (non-hydrogen) atoms. The van der Waals surface area contributed by atoms with Crippen molar-refractivity contribution in [3.8, 4) is 0 Å². The van der Waals surface area contributed by atoms with E-state index in [1.54, 1.807) is 29.3 Å². The van der Waals surface area contributed by atoms with Gasteiger partial charge in [0.25, 0.3) is 0 Å². The highest BCUT2D eigenvalue weighted by Crippen LogP contribution is 2.18. The molecular weight excluding hydrogens is 385 g/mol. The van der Waals surface area contributed by atoms with E-state index in [-0.39, 0.29) is 11.7 Å². The highest BCUT2D eigenvalue weighted by atomic mass is 19.1. The van der Waals surface area contributed by atoms with E-state index in [2.05, 4.69) is 30.7 Å². The van der Waals surface area contributed by atoms with Gasteiger partial charge in [-0.3, -0.25) is 0 Å². The number of carbonyl (C=O) groups is 1. The SMILES string of the molecule is Cc1ccnc(Nc2ccc(N3CCN(C(=O)Nc4ccccc4F)CC3)nn2)c1. The molecule has 0 aliphatic carbocycles. The van der Waals surface area contributed by atoms with Crippen LogP contribution < -0.4 is 15.5 Å². The summed E-state index contributed by atoms with van der Waals surface area (Å²) < 4.78 is 13.7. The standard InChI is InChI=1S/C21H22FN7O/c1-15-8-9-23-19(14-15)25-18-6-7-20(27-26-18)28-10-12-29(13-11-28)21(30)24-17-5-3-2-4-16(17)22/h2-9,14H,10-13H2,1H3,(H,24,30)(H,23,25,26). The van der Waals surface area contributed by atoms with Crippen LogP contribution in [0.3, 0.4) is 0 Å². The molecule has 0 bridgehead atoms. The fraction of sp³-hybridized carbons (Fsp3) is 0.238. The fourth-order valence-electron chi connectivity index (χ4n) is 3.19. The number of benzene rings is 1. The second-order valence-corrected chi connectivity index (χ2v) is 7.00. The molecule has 154 valence electrons. The maximum atomic E-state index is 13.7. The minimum atomic E-state index is -0.450. The van der Waals surface area contributed by atoms with Gasteiger partial charge in [0, 0.05) is 32.4 Å². The van der Waals surface area contributed by atoms with Gasteiger partial charge < -0.3 is 20.4 Å². The number of rotatable bonds is 4. The molecule has 9 heteroatoms. The summed E-state index contributed by atoms with van der Waals surface area (Å²) in [5, 5.41) is 14.3. The van der Waals surface area contributed by atoms with Crippen molar-refractivity contribution in [3.63, 3.8) is 0 Å². The molecule has 1 saturated heterocycles. The largest absolute Gasteiger partial charge is 0.352 e. The molecule has 3 aromatic rings. The van der Waals surface area contributed by atoms with E-state index in [0.29, 0.717) is 37.8 Å². The number of hydrogen-bond acceptors (Lipinski definition) is 6. The molecule has 2 amide bonds. The van der Waals surface area contributed by atoms with Crippen molar-refractivity contribution in [2.45, 2.75) is 6.92 Å².